The van der Waals surface area contributed by atoms with Crippen molar-refractivity contribution < 1.29 is 23.7 Å². The molecule has 178 valence electrons. The molecule has 0 bridgehead atoms. The van der Waals surface area contributed by atoms with Gasteiger partial charge in [0.15, 0.2) is 11.5 Å². The minimum absolute atomic E-state index is 0.0900. The molecule has 0 N–H and O–H groups in total. The van der Waals surface area contributed by atoms with Crippen LogP contribution >= 0.6 is 0 Å². The van der Waals surface area contributed by atoms with E-state index in [1.54, 1.807) is 33.5 Å². The Kier molecular flexibility index (Phi) is 7.26. The Morgan fingerprint density at radius 3 is 2.26 bits per heavy atom. The molecule has 0 aliphatic carbocycles. The molecule has 34 heavy (non-hydrogen) atoms. The molecule has 0 aromatic heterocycles. The number of benzene rings is 3. The molecule has 0 saturated carbocycles. The molecule has 0 fully saturated rings. The third kappa shape index (κ3) is 4.67. The number of hydrogen-bond acceptors (Lipinski definition) is 5. The van der Waals surface area contributed by atoms with Gasteiger partial charge in [-0.2, -0.15) is 0 Å². The van der Waals surface area contributed by atoms with Gasteiger partial charge in [0.1, 0.15) is 18.1 Å². The maximum atomic E-state index is 13.7. The zero-order valence-corrected chi connectivity index (χ0v) is 20.2. The van der Waals surface area contributed by atoms with E-state index in [4.69, 9.17) is 18.9 Å². The second-order valence-electron chi connectivity index (χ2n) is 8.18. The summed E-state index contributed by atoms with van der Waals surface area (Å²) in [6.07, 6.45) is 1.68. The molecule has 1 aliphatic heterocycles. The molecule has 6 nitrogen and oxygen atoms in total. The summed E-state index contributed by atoms with van der Waals surface area (Å²) in [5, 5.41) is 0. The van der Waals surface area contributed by atoms with Crippen LogP contribution in [0.1, 0.15) is 40.0 Å². The molecule has 1 amide bonds. The Morgan fingerprint density at radius 2 is 1.59 bits per heavy atom. The first-order valence-electron chi connectivity index (χ1n) is 11.5. The number of carbonyl (C=O) groups excluding carboxylic acids is 1. The quantitative estimate of drug-likeness (QED) is 0.468. The van der Waals surface area contributed by atoms with E-state index in [0.29, 0.717) is 42.4 Å². The lowest BCUT2D eigenvalue weighted by atomic mass is 9.91. The van der Waals surface area contributed by atoms with E-state index in [0.717, 1.165) is 23.3 Å². The van der Waals surface area contributed by atoms with Gasteiger partial charge in [-0.05, 0) is 65.9 Å². The van der Waals surface area contributed by atoms with Crippen molar-refractivity contribution in [1.29, 1.82) is 0 Å². The average molecular weight is 462 g/mol. The molecule has 0 spiro atoms. The standard InChI is InChI=1S/C28H31NO5/c1-5-19-10-12-21(13-11-19)34-18-24-23-17-27(33-4)26(32-3)16-20(23)14-15-29(24)28(30)22-8-6-7-9-25(22)31-2/h6-13,16-17,24H,5,14-15,18H2,1-4H3/t24-/m1/s1. The van der Waals surface area contributed by atoms with Gasteiger partial charge in [0.25, 0.3) is 5.91 Å². The maximum Gasteiger partial charge on any atom is 0.258 e. The lowest BCUT2D eigenvalue weighted by Gasteiger charge is -2.38. The van der Waals surface area contributed by atoms with Crippen LogP contribution in [0.3, 0.4) is 0 Å². The molecule has 0 radical (unpaired) electrons. The number of para-hydroxylation sites is 1. The molecule has 4 rings (SSSR count). The van der Waals surface area contributed by atoms with Crippen molar-refractivity contribution in [3.05, 3.63) is 82.9 Å². The first-order chi connectivity index (χ1) is 16.6. The van der Waals surface area contributed by atoms with Crippen LogP contribution in [0, 0.1) is 0 Å². The largest absolute Gasteiger partial charge is 0.496 e. The van der Waals surface area contributed by atoms with Crippen LogP contribution in [0.4, 0.5) is 0 Å². The lowest BCUT2D eigenvalue weighted by Crippen LogP contribution is -2.42. The highest BCUT2D eigenvalue weighted by molar-refractivity contribution is 5.97. The fourth-order valence-corrected chi connectivity index (χ4v) is 4.42. The summed E-state index contributed by atoms with van der Waals surface area (Å²) < 4.78 is 22.7. The fraction of sp³-hybridized carbons (Fsp3) is 0.321. The first kappa shape index (κ1) is 23.5. The summed E-state index contributed by atoms with van der Waals surface area (Å²) in [7, 11) is 4.83. The number of aryl methyl sites for hydroxylation is 1. The number of amides is 1. The van der Waals surface area contributed by atoms with Gasteiger partial charge in [0.05, 0.1) is 32.9 Å². The van der Waals surface area contributed by atoms with Gasteiger partial charge < -0.3 is 23.8 Å². The zero-order valence-electron chi connectivity index (χ0n) is 20.2. The van der Waals surface area contributed by atoms with Crippen molar-refractivity contribution in [3.8, 4) is 23.0 Å². The topological polar surface area (TPSA) is 57.2 Å². The molecular weight excluding hydrogens is 430 g/mol. The van der Waals surface area contributed by atoms with Gasteiger partial charge in [0.2, 0.25) is 0 Å². The van der Waals surface area contributed by atoms with Crippen molar-refractivity contribution in [2.75, 3.05) is 34.5 Å². The Morgan fingerprint density at radius 1 is 0.912 bits per heavy atom. The number of fused-ring (bicyclic) bond motifs is 1. The number of ether oxygens (including phenoxy) is 4. The van der Waals surface area contributed by atoms with Gasteiger partial charge in [-0.1, -0.05) is 31.2 Å². The lowest BCUT2D eigenvalue weighted by molar-refractivity contribution is 0.0586. The van der Waals surface area contributed by atoms with Gasteiger partial charge in [-0.25, -0.2) is 0 Å². The van der Waals surface area contributed by atoms with E-state index in [2.05, 4.69) is 19.1 Å². The van der Waals surface area contributed by atoms with Gasteiger partial charge >= 0.3 is 0 Å². The van der Waals surface area contributed by atoms with Crippen molar-refractivity contribution in [1.82, 2.24) is 4.90 Å². The number of hydrogen-bond donors (Lipinski definition) is 0. The van der Waals surface area contributed by atoms with Crippen molar-refractivity contribution >= 4 is 5.91 Å². The van der Waals surface area contributed by atoms with Crippen LogP contribution in [0.5, 0.6) is 23.0 Å². The average Bonchev–Trinajstić information content (AvgIpc) is 2.90. The number of rotatable bonds is 8. The van der Waals surface area contributed by atoms with Crippen molar-refractivity contribution in [3.63, 3.8) is 0 Å². The minimum atomic E-state index is -0.299. The van der Waals surface area contributed by atoms with Crippen LogP contribution in [0.15, 0.2) is 60.7 Å². The number of nitrogens with zero attached hydrogens (tertiary/aromatic N) is 1. The summed E-state index contributed by atoms with van der Waals surface area (Å²) in [5.41, 5.74) is 3.90. The third-order valence-electron chi connectivity index (χ3n) is 6.34. The zero-order chi connectivity index (χ0) is 24.1. The van der Waals surface area contributed by atoms with Crippen LogP contribution in [-0.2, 0) is 12.8 Å². The summed E-state index contributed by atoms with van der Waals surface area (Å²) >= 11 is 0. The summed E-state index contributed by atoms with van der Waals surface area (Å²) in [6, 6.07) is 19.1. The smallest absolute Gasteiger partial charge is 0.258 e. The number of methoxy groups -OCH3 is 3. The molecule has 1 heterocycles. The first-order valence-corrected chi connectivity index (χ1v) is 11.5. The Hall–Kier alpha value is -3.67. The highest BCUT2D eigenvalue weighted by Gasteiger charge is 2.34. The van der Waals surface area contributed by atoms with Crippen LogP contribution in [-0.4, -0.2) is 45.3 Å². The summed E-state index contributed by atoms with van der Waals surface area (Å²) in [4.78, 5) is 15.6. The Bertz CT molecular complexity index is 1140. The van der Waals surface area contributed by atoms with Gasteiger partial charge in [0, 0.05) is 6.54 Å². The summed E-state index contributed by atoms with van der Waals surface area (Å²) in [5.74, 6) is 2.55. The van der Waals surface area contributed by atoms with E-state index in [1.165, 1.54) is 5.56 Å². The molecule has 6 heteroatoms. The predicted molar refractivity (Wildman–Crippen MR) is 131 cm³/mol. The Balaban J connectivity index is 1.70. The molecule has 1 atom stereocenters. The molecular formula is C28H31NO5. The molecule has 3 aromatic rings. The van der Waals surface area contributed by atoms with E-state index >= 15 is 0 Å². The van der Waals surface area contributed by atoms with Crippen LogP contribution in [0.2, 0.25) is 0 Å². The molecule has 1 aliphatic rings. The predicted octanol–water partition coefficient (Wildman–Crippen LogP) is 5.09. The molecule has 0 unspecified atom stereocenters. The fourth-order valence-electron chi connectivity index (χ4n) is 4.42. The molecule has 0 saturated heterocycles. The normalized spacial score (nSPS) is 14.8. The second-order valence-corrected chi connectivity index (χ2v) is 8.18. The monoisotopic (exact) mass is 461 g/mol. The van der Waals surface area contributed by atoms with Crippen LogP contribution < -0.4 is 18.9 Å². The third-order valence-corrected chi connectivity index (χ3v) is 6.34. The maximum absolute atomic E-state index is 13.7. The Labute approximate surface area is 201 Å². The van der Waals surface area contributed by atoms with E-state index in [-0.39, 0.29) is 11.9 Å². The highest BCUT2D eigenvalue weighted by atomic mass is 16.5. The summed E-state index contributed by atoms with van der Waals surface area (Å²) in [6.45, 7) is 2.99. The highest BCUT2D eigenvalue weighted by Crippen LogP contribution is 2.39. The van der Waals surface area contributed by atoms with Gasteiger partial charge in [-0.15, -0.1) is 0 Å². The van der Waals surface area contributed by atoms with E-state index in [9.17, 15) is 4.79 Å². The van der Waals surface area contributed by atoms with Crippen molar-refractivity contribution in [2.24, 2.45) is 0 Å². The SMILES string of the molecule is CCc1ccc(OC[C@@H]2c3cc(OC)c(OC)cc3CCN2C(=O)c2ccccc2OC)cc1. The van der Waals surface area contributed by atoms with E-state index in [1.807, 2.05) is 41.3 Å². The molecule has 3 aromatic carbocycles. The second kappa shape index (κ2) is 10.5. The minimum Gasteiger partial charge on any atom is -0.496 e. The van der Waals surface area contributed by atoms with Gasteiger partial charge in [-0.3, -0.25) is 4.79 Å². The number of carbonyl (C=O) groups is 1. The van der Waals surface area contributed by atoms with Crippen LogP contribution in [0.25, 0.3) is 0 Å². The van der Waals surface area contributed by atoms with E-state index < -0.39 is 0 Å². The van der Waals surface area contributed by atoms with Crippen molar-refractivity contribution in [2.45, 2.75) is 25.8 Å².